The van der Waals surface area contributed by atoms with E-state index in [9.17, 15) is 9.18 Å². The summed E-state index contributed by atoms with van der Waals surface area (Å²) in [5.41, 5.74) is 6.82. The second kappa shape index (κ2) is 7.01. The Hall–Kier alpha value is -2.40. The highest BCUT2D eigenvalue weighted by Crippen LogP contribution is 2.27. The van der Waals surface area contributed by atoms with Crippen LogP contribution in [0.4, 0.5) is 10.1 Å². The van der Waals surface area contributed by atoms with Crippen LogP contribution >= 0.6 is 0 Å². The van der Waals surface area contributed by atoms with Crippen LogP contribution in [0.3, 0.4) is 0 Å². The fraction of sp³-hybridized carbons (Fsp3) is 0.316. The molecule has 1 aliphatic rings. The van der Waals surface area contributed by atoms with Crippen molar-refractivity contribution in [3.63, 3.8) is 0 Å². The lowest BCUT2D eigenvalue weighted by Gasteiger charge is -2.41. The molecule has 1 saturated heterocycles. The van der Waals surface area contributed by atoms with Crippen molar-refractivity contribution < 1.29 is 9.18 Å². The third-order valence-corrected chi connectivity index (χ3v) is 4.52. The van der Waals surface area contributed by atoms with Crippen molar-refractivity contribution in [1.82, 2.24) is 4.90 Å². The van der Waals surface area contributed by atoms with Gasteiger partial charge in [-0.25, -0.2) is 4.39 Å². The minimum absolute atomic E-state index is 0.303. The molecule has 0 aliphatic carbocycles. The van der Waals surface area contributed by atoms with Crippen LogP contribution in [0.15, 0.2) is 54.6 Å². The molecule has 5 heteroatoms. The lowest BCUT2D eigenvalue weighted by Crippen LogP contribution is -2.60. The number of carbonyl (C=O) groups is 1. The molecule has 2 aromatic rings. The Bertz CT molecular complexity index is 690. The number of piperidine rings is 1. The summed E-state index contributed by atoms with van der Waals surface area (Å²) >= 11 is 0. The van der Waals surface area contributed by atoms with E-state index in [2.05, 4.69) is 22.3 Å². The van der Waals surface area contributed by atoms with Crippen molar-refractivity contribution in [3.05, 3.63) is 66.0 Å². The van der Waals surface area contributed by atoms with E-state index in [1.165, 1.54) is 17.7 Å². The molecular weight excluding hydrogens is 305 g/mol. The summed E-state index contributed by atoms with van der Waals surface area (Å²) in [6, 6.07) is 16.2. The Morgan fingerprint density at radius 3 is 2.54 bits per heavy atom. The number of primary amides is 1. The molecular formula is C19H22FN3O. The monoisotopic (exact) mass is 327 g/mol. The van der Waals surface area contributed by atoms with Crippen LogP contribution in [0.1, 0.15) is 18.4 Å². The number of nitrogens with zero attached hydrogens (tertiary/aromatic N) is 1. The first kappa shape index (κ1) is 16.5. The van der Waals surface area contributed by atoms with Crippen LogP contribution in [0, 0.1) is 5.82 Å². The largest absolute Gasteiger partial charge is 0.370 e. The first-order valence-corrected chi connectivity index (χ1v) is 8.17. The van der Waals surface area contributed by atoms with E-state index in [-0.39, 0.29) is 11.7 Å². The van der Waals surface area contributed by atoms with E-state index in [0.29, 0.717) is 18.7 Å². The Labute approximate surface area is 141 Å². The van der Waals surface area contributed by atoms with Gasteiger partial charge in [0.1, 0.15) is 11.4 Å². The zero-order valence-corrected chi connectivity index (χ0v) is 13.5. The average Bonchev–Trinajstić information content (AvgIpc) is 2.58. The third kappa shape index (κ3) is 3.74. The quantitative estimate of drug-likeness (QED) is 0.888. The molecule has 24 heavy (non-hydrogen) atoms. The van der Waals surface area contributed by atoms with E-state index < -0.39 is 5.54 Å². The Kier molecular flexibility index (Phi) is 4.81. The van der Waals surface area contributed by atoms with Gasteiger partial charge in [-0.15, -0.1) is 0 Å². The van der Waals surface area contributed by atoms with E-state index in [0.717, 1.165) is 19.5 Å². The van der Waals surface area contributed by atoms with E-state index >= 15 is 0 Å². The van der Waals surface area contributed by atoms with Crippen molar-refractivity contribution in [2.75, 3.05) is 18.4 Å². The number of amides is 1. The summed E-state index contributed by atoms with van der Waals surface area (Å²) < 4.78 is 13.1. The van der Waals surface area contributed by atoms with E-state index in [4.69, 9.17) is 5.73 Å². The maximum absolute atomic E-state index is 13.1. The zero-order valence-electron chi connectivity index (χ0n) is 13.5. The second-order valence-electron chi connectivity index (χ2n) is 6.38. The number of rotatable bonds is 5. The molecule has 126 valence electrons. The molecule has 1 amide bonds. The first-order chi connectivity index (χ1) is 11.6. The van der Waals surface area contributed by atoms with Gasteiger partial charge in [0.2, 0.25) is 5.91 Å². The van der Waals surface area contributed by atoms with Crippen molar-refractivity contribution in [1.29, 1.82) is 0 Å². The summed E-state index contributed by atoms with van der Waals surface area (Å²) in [7, 11) is 0. The van der Waals surface area contributed by atoms with E-state index in [1.807, 2.05) is 18.2 Å². The Morgan fingerprint density at radius 1 is 1.17 bits per heavy atom. The van der Waals surface area contributed by atoms with Crippen LogP contribution < -0.4 is 11.1 Å². The minimum Gasteiger partial charge on any atom is -0.370 e. The van der Waals surface area contributed by atoms with Gasteiger partial charge in [0, 0.05) is 18.8 Å². The molecule has 1 heterocycles. The minimum atomic E-state index is -0.829. The maximum Gasteiger partial charge on any atom is 0.244 e. The van der Waals surface area contributed by atoms with Gasteiger partial charge in [-0.3, -0.25) is 9.69 Å². The lowest BCUT2D eigenvalue weighted by atomic mass is 9.87. The number of likely N-dealkylation sites (tertiary alicyclic amines) is 1. The third-order valence-electron chi connectivity index (χ3n) is 4.52. The molecule has 2 aromatic carbocycles. The van der Waals surface area contributed by atoms with Gasteiger partial charge in [0.15, 0.2) is 0 Å². The second-order valence-corrected chi connectivity index (χ2v) is 6.38. The van der Waals surface area contributed by atoms with Crippen LogP contribution in [0.2, 0.25) is 0 Å². The molecule has 1 unspecified atom stereocenters. The van der Waals surface area contributed by atoms with Crippen molar-refractivity contribution in [2.45, 2.75) is 24.9 Å². The van der Waals surface area contributed by atoms with Gasteiger partial charge in [-0.1, -0.05) is 30.3 Å². The molecule has 0 spiro atoms. The fourth-order valence-electron chi connectivity index (χ4n) is 3.30. The summed E-state index contributed by atoms with van der Waals surface area (Å²) in [5, 5.41) is 3.25. The molecule has 0 saturated carbocycles. The molecule has 1 atom stereocenters. The summed E-state index contributed by atoms with van der Waals surface area (Å²) in [5.74, 6) is -0.674. The number of nitrogens with one attached hydrogen (secondary N) is 1. The number of hydrogen-bond donors (Lipinski definition) is 2. The average molecular weight is 327 g/mol. The lowest BCUT2D eigenvalue weighted by molar-refractivity contribution is -0.124. The van der Waals surface area contributed by atoms with Gasteiger partial charge in [-0.2, -0.15) is 0 Å². The number of carbonyl (C=O) groups excluding carboxylic acids is 1. The topological polar surface area (TPSA) is 58.4 Å². The normalized spacial score (nSPS) is 21.4. The Morgan fingerprint density at radius 2 is 1.88 bits per heavy atom. The number of anilines is 1. The molecule has 1 aliphatic heterocycles. The molecule has 4 nitrogen and oxygen atoms in total. The number of hydrogen-bond acceptors (Lipinski definition) is 3. The first-order valence-electron chi connectivity index (χ1n) is 8.17. The van der Waals surface area contributed by atoms with Crippen molar-refractivity contribution in [2.24, 2.45) is 5.73 Å². The highest BCUT2D eigenvalue weighted by molar-refractivity contribution is 5.88. The van der Waals surface area contributed by atoms with Crippen LogP contribution in [0.5, 0.6) is 0 Å². The molecule has 0 aromatic heterocycles. The number of halogens is 1. The smallest absolute Gasteiger partial charge is 0.244 e. The highest BCUT2D eigenvalue weighted by atomic mass is 19.1. The molecule has 0 bridgehead atoms. The van der Waals surface area contributed by atoms with Gasteiger partial charge in [0.25, 0.3) is 0 Å². The summed E-state index contributed by atoms with van der Waals surface area (Å²) in [4.78, 5) is 14.4. The fourth-order valence-corrected chi connectivity index (χ4v) is 3.30. The van der Waals surface area contributed by atoms with Crippen LogP contribution in [-0.4, -0.2) is 29.4 Å². The van der Waals surface area contributed by atoms with Crippen molar-refractivity contribution in [3.8, 4) is 0 Å². The standard InChI is InChI=1S/C19H22FN3O/c20-16-7-9-17(10-8-16)22-19(18(21)24)11-4-12-23(14-19)13-15-5-2-1-3-6-15/h1-3,5-10,22H,4,11-14H2,(H2,21,24). The van der Waals surface area contributed by atoms with Crippen LogP contribution in [0.25, 0.3) is 0 Å². The molecule has 3 rings (SSSR count). The van der Waals surface area contributed by atoms with Crippen LogP contribution in [-0.2, 0) is 11.3 Å². The van der Waals surface area contributed by atoms with Gasteiger partial charge in [-0.05, 0) is 49.2 Å². The van der Waals surface area contributed by atoms with E-state index in [1.54, 1.807) is 12.1 Å². The molecule has 0 radical (unpaired) electrons. The molecule has 3 N–H and O–H groups in total. The number of benzene rings is 2. The summed E-state index contributed by atoms with van der Waals surface area (Å²) in [6.07, 6.45) is 1.55. The zero-order chi connectivity index (χ0) is 17.0. The van der Waals surface area contributed by atoms with Gasteiger partial charge in [0.05, 0.1) is 0 Å². The van der Waals surface area contributed by atoms with Gasteiger partial charge >= 0.3 is 0 Å². The number of nitrogens with two attached hydrogens (primary N) is 1. The Balaban J connectivity index is 1.76. The molecule has 1 fully saturated rings. The predicted octanol–water partition coefficient (Wildman–Crippen LogP) is 2.76. The predicted molar refractivity (Wildman–Crippen MR) is 92.9 cm³/mol. The SMILES string of the molecule is NC(=O)C1(Nc2ccc(F)cc2)CCCN(Cc2ccccc2)C1. The maximum atomic E-state index is 13.1. The van der Waals surface area contributed by atoms with Gasteiger partial charge < -0.3 is 11.1 Å². The van der Waals surface area contributed by atoms with Crippen molar-refractivity contribution >= 4 is 11.6 Å². The highest BCUT2D eigenvalue weighted by Gasteiger charge is 2.40. The summed E-state index contributed by atoms with van der Waals surface area (Å²) in [6.45, 7) is 2.24.